The van der Waals surface area contributed by atoms with E-state index >= 15 is 0 Å². The lowest BCUT2D eigenvalue weighted by molar-refractivity contribution is -0.222. The van der Waals surface area contributed by atoms with E-state index in [9.17, 15) is 23.1 Å². The summed E-state index contributed by atoms with van der Waals surface area (Å²) < 4.78 is 42.6. The number of halogens is 3. The van der Waals surface area contributed by atoms with Crippen molar-refractivity contribution in [3.05, 3.63) is 0 Å². The van der Waals surface area contributed by atoms with Gasteiger partial charge in [0.15, 0.2) is 6.10 Å². The topological polar surface area (TPSA) is 61.8 Å². The molecule has 0 saturated carbocycles. The molecule has 2 amide bonds. The Labute approximate surface area is 128 Å². The van der Waals surface area contributed by atoms with Crippen LogP contribution < -0.4 is 5.32 Å². The molecular weight excluding hydrogens is 301 g/mol. The number of ether oxygens (including phenoxy) is 1. The number of nitrogens with one attached hydrogen (secondary N) is 1. The normalized spacial score (nSPS) is 18.6. The predicted octanol–water partition coefficient (Wildman–Crippen LogP) is 2.15. The minimum absolute atomic E-state index is 0.148. The first-order valence-electron chi connectivity index (χ1n) is 7.61. The standard InChI is InChI=1S/C14H25F3N2O3/c1-10(2)22-9-3-6-18-13(21)19-7-4-11(5-8-19)12(20)14(15,16)17/h10-12,20H,3-9H2,1-2H3,(H,18,21). The van der Waals surface area contributed by atoms with Crippen LogP contribution in [0.5, 0.6) is 0 Å². The minimum atomic E-state index is -4.59. The molecule has 1 rings (SSSR count). The molecule has 0 bridgehead atoms. The molecule has 0 aromatic heterocycles. The van der Waals surface area contributed by atoms with Gasteiger partial charge in [0.25, 0.3) is 0 Å². The highest BCUT2D eigenvalue weighted by Gasteiger charge is 2.44. The highest BCUT2D eigenvalue weighted by molar-refractivity contribution is 5.74. The zero-order valence-electron chi connectivity index (χ0n) is 13.0. The van der Waals surface area contributed by atoms with E-state index in [1.54, 1.807) is 0 Å². The second kappa shape index (κ2) is 8.57. The number of piperidine rings is 1. The summed E-state index contributed by atoms with van der Waals surface area (Å²) >= 11 is 0. The number of hydrogen-bond acceptors (Lipinski definition) is 3. The first-order chi connectivity index (χ1) is 10.2. The Morgan fingerprint density at radius 1 is 1.36 bits per heavy atom. The van der Waals surface area contributed by atoms with Crippen LogP contribution in [-0.4, -0.2) is 60.7 Å². The van der Waals surface area contributed by atoms with E-state index in [2.05, 4.69) is 5.32 Å². The quantitative estimate of drug-likeness (QED) is 0.735. The predicted molar refractivity (Wildman–Crippen MR) is 75.5 cm³/mol. The number of urea groups is 1. The first kappa shape index (κ1) is 19.0. The van der Waals surface area contributed by atoms with E-state index in [4.69, 9.17) is 4.74 Å². The lowest BCUT2D eigenvalue weighted by Gasteiger charge is -2.34. The summed E-state index contributed by atoms with van der Waals surface area (Å²) in [6.07, 6.45) is -5.74. The number of alkyl halides is 3. The number of carbonyl (C=O) groups is 1. The van der Waals surface area contributed by atoms with Gasteiger partial charge in [-0.1, -0.05) is 0 Å². The summed E-state index contributed by atoms with van der Waals surface area (Å²) in [5.74, 6) is -0.830. The molecule has 1 heterocycles. The molecule has 1 saturated heterocycles. The highest BCUT2D eigenvalue weighted by Crippen LogP contribution is 2.31. The number of hydrogen-bond donors (Lipinski definition) is 2. The van der Waals surface area contributed by atoms with Crippen LogP contribution in [0, 0.1) is 5.92 Å². The van der Waals surface area contributed by atoms with E-state index in [-0.39, 0.29) is 38.1 Å². The Morgan fingerprint density at radius 3 is 2.45 bits per heavy atom. The van der Waals surface area contributed by atoms with Gasteiger partial charge in [0.2, 0.25) is 0 Å². The Hall–Kier alpha value is -1.02. The maximum Gasteiger partial charge on any atom is 0.414 e. The monoisotopic (exact) mass is 326 g/mol. The van der Waals surface area contributed by atoms with E-state index in [1.165, 1.54) is 4.90 Å². The van der Waals surface area contributed by atoms with Crippen molar-refractivity contribution >= 4 is 6.03 Å². The molecule has 0 radical (unpaired) electrons. The molecule has 0 aromatic carbocycles. The van der Waals surface area contributed by atoms with Gasteiger partial charge in [-0.15, -0.1) is 0 Å². The molecule has 8 heteroatoms. The number of carbonyl (C=O) groups excluding carboxylic acids is 1. The van der Waals surface area contributed by atoms with Crippen molar-refractivity contribution in [2.24, 2.45) is 5.92 Å². The fraction of sp³-hybridized carbons (Fsp3) is 0.929. The van der Waals surface area contributed by atoms with Gasteiger partial charge in [0, 0.05) is 26.2 Å². The van der Waals surface area contributed by atoms with Crippen molar-refractivity contribution in [1.82, 2.24) is 10.2 Å². The number of amides is 2. The Balaban J connectivity index is 2.22. The summed E-state index contributed by atoms with van der Waals surface area (Å²) in [6.45, 7) is 5.34. The largest absolute Gasteiger partial charge is 0.414 e. The summed E-state index contributed by atoms with van der Waals surface area (Å²) in [7, 11) is 0. The van der Waals surface area contributed by atoms with Crippen molar-refractivity contribution < 1.29 is 27.8 Å². The van der Waals surface area contributed by atoms with Crippen LogP contribution in [-0.2, 0) is 4.74 Å². The third kappa shape index (κ3) is 6.39. The number of nitrogens with zero attached hydrogens (tertiary/aromatic N) is 1. The van der Waals surface area contributed by atoms with E-state index in [0.717, 1.165) is 0 Å². The van der Waals surface area contributed by atoms with E-state index in [0.29, 0.717) is 19.6 Å². The second-order valence-electron chi connectivity index (χ2n) is 5.82. The number of aliphatic hydroxyl groups is 1. The fourth-order valence-electron chi connectivity index (χ4n) is 2.38. The lowest BCUT2D eigenvalue weighted by Crippen LogP contribution is -2.48. The second-order valence-corrected chi connectivity index (χ2v) is 5.82. The Kier molecular flexibility index (Phi) is 7.41. The third-order valence-electron chi connectivity index (χ3n) is 3.66. The molecule has 1 aliphatic heterocycles. The first-order valence-corrected chi connectivity index (χ1v) is 7.61. The summed E-state index contributed by atoms with van der Waals surface area (Å²) in [6, 6.07) is -0.274. The molecule has 22 heavy (non-hydrogen) atoms. The van der Waals surface area contributed by atoms with Crippen LogP contribution in [0.25, 0.3) is 0 Å². The summed E-state index contributed by atoms with van der Waals surface area (Å²) in [5, 5.41) is 11.9. The van der Waals surface area contributed by atoms with Crippen LogP contribution in [0.2, 0.25) is 0 Å². The van der Waals surface area contributed by atoms with Crippen molar-refractivity contribution in [3.8, 4) is 0 Å². The maximum atomic E-state index is 12.4. The zero-order valence-corrected chi connectivity index (χ0v) is 13.0. The van der Waals surface area contributed by atoms with Gasteiger partial charge in [-0.2, -0.15) is 13.2 Å². The van der Waals surface area contributed by atoms with Gasteiger partial charge < -0.3 is 20.1 Å². The van der Waals surface area contributed by atoms with Crippen molar-refractivity contribution in [3.63, 3.8) is 0 Å². The Bertz CT molecular complexity index is 343. The number of aliphatic hydroxyl groups excluding tert-OH is 1. The summed E-state index contributed by atoms with van der Waals surface area (Å²) in [5.41, 5.74) is 0. The maximum absolute atomic E-state index is 12.4. The van der Waals surface area contributed by atoms with Crippen molar-refractivity contribution in [2.75, 3.05) is 26.2 Å². The molecule has 2 N–H and O–H groups in total. The van der Waals surface area contributed by atoms with Crippen LogP contribution >= 0.6 is 0 Å². The fourth-order valence-corrected chi connectivity index (χ4v) is 2.38. The van der Waals surface area contributed by atoms with E-state index < -0.39 is 18.2 Å². The van der Waals surface area contributed by atoms with Crippen molar-refractivity contribution in [2.45, 2.75) is 51.5 Å². The molecule has 0 aromatic rings. The van der Waals surface area contributed by atoms with Crippen LogP contribution in [0.3, 0.4) is 0 Å². The van der Waals surface area contributed by atoms with Gasteiger partial charge in [-0.05, 0) is 39.0 Å². The van der Waals surface area contributed by atoms with Gasteiger partial charge in [-0.3, -0.25) is 0 Å². The average Bonchev–Trinajstić information content (AvgIpc) is 2.44. The van der Waals surface area contributed by atoms with Crippen molar-refractivity contribution in [1.29, 1.82) is 0 Å². The summed E-state index contributed by atoms with van der Waals surface area (Å²) in [4.78, 5) is 13.3. The SMILES string of the molecule is CC(C)OCCCNC(=O)N1CCC(C(O)C(F)(F)F)CC1. The van der Waals surface area contributed by atoms with Crippen LogP contribution in [0.4, 0.5) is 18.0 Å². The molecule has 1 atom stereocenters. The molecule has 0 spiro atoms. The Morgan fingerprint density at radius 2 is 1.95 bits per heavy atom. The molecule has 1 aliphatic rings. The number of rotatable bonds is 6. The average molecular weight is 326 g/mol. The van der Waals surface area contributed by atoms with Gasteiger partial charge in [-0.25, -0.2) is 4.79 Å². The van der Waals surface area contributed by atoms with Gasteiger partial charge in [0.05, 0.1) is 6.10 Å². The zero-order chi connectivity index (χ0) is 16.8. The smallest absolute Gasteiger partial charge is 0.383 e. The number of likely N-dealkylation sites (tertiary alicyclic amines) is 1. The molecule has 130 valence electrons. The van der Waals surface area contributed by atoms with Crippen LogP contribution in [0.1, 0.15) is 33.1 Å². The van der Waals surface area contributed by atoms with E-state index in [1.807, 2.05) is 13.8 Å². The van der Waals surface area contributed by atoms with Crippen LogP contribution in [0.15, 0.2) is 0 Å². The van der Waals surface area contributed by atoms with Gasteiger partial charge in [0.1, 0.15) is 0 Å². The molecule has 1 unspecified atom stereocenters. The molecule has 5 nitrogen and oxygen atoms in total. The highest BCUT2D eigenvalue weighted by atomic mass is 19.4. The molecule has 0 aliphatic carbocycles. The minimum Gasteiger partial charge on any atom is -0.383 e. The lowest BCUT2D eigenvalue weighted by atomic mass is 9.91. The molecule has 1 fully saturated rings. The third-order valence-corrected chi connectivity index (χ3v) is 3.66. The molecular formula is C14H25F3N2O3. The van der Waals surface area contributed by atoms with Gasteiger partial charge >= 0.3 is 12.2 Å².